The van der Waals surface area contributed by atoms with E-state index in [0.29, 0.717) is 12.6 Å². The van der Waals surface area contributed by atoms with Gasteiger partial charge >= 0.3 is 6.03 Å². The zero-order valence-electron chi connectivity index (χ0n) is 13.0. The Morgan fingerprint density at radius 2 is 2.19 bits per heavy atom. The molecule has 1 atom stereocenters. The van der Waals surface area contributed by atoms with Gasteiger partial charge in [0.05, 0.1) is 0 Å². The van der Waals surface area contributed by atoms with Crippen LogP contribution >= 0.6 is 11.3 Å². The van der Waals surface area contributed by atoms with Gasteiger partial charge in [-0.15, -0.1) is 11.3 Å². The quantitative estimate of drug-likeness (QED) is 0.890. The van der Waals surface area contributed by atoms with E-state index in [4.69, 9.17) is 0 Å². The van der Waals surface area contributed by atoms with Crippen molar-refractivity contribution in [2.75, 3.05) is 33.7 Å². The predicted molar refractivity (Wildman–Crippen MR) is 85.6 cm³/mol. The number of rotatable bonds is 4. The molecule has 2 rings (SSSR count). The molecule has 6 heteroatoms. The van der Waals surface area contributed by atoms with E-state index in [9.17, 15) is 9.90 Å². The maximum absolute atomic E-state index is 11.9. The van der Waals surface area contributed by atoms with Crippen molar-refractivity contribution in [2.24, 2.45) is 0 Å². The van der Waals surface area contributed by atoms with Crippen molar-refractivity contribution in [3.63, 3.8) is 0 Å². The number of urea groups is 1. The van der Waals surface area contributed by atoms with Crippen LogP contribution < -0.4 is 5.32 Å². The Labute approximate surface area is 130 Å². The summed E-state index contributed by atoms with van der Waals surface area (Å²) >= 11 is 1.58. The molecule has 0 bridgehead atoms. The van der Waals surface area contributed by atoms with Crippen LogP contribution in [0.1, 0.15) is 24.6 Å². The topological polar surface area (TPSA) is 55.8 Å². The number of carbonyl (C=O) groups is 1. The summed E-state index contributed by atoms with van der Waals surface area (Å²) in [4.78, 5) is 16.4. The first-order valence-electron chi connectivity index (χ1n) is 7.36. The largest absolute Gasteiger partial charge is 0.383 e. The summed E-state index contributed by atoms with van der Waals surface area (Å²) in [5.74, 6) is 0. The molecule has 0 aliphatic carbocycles. The van der Waals surface area contributed by atoms with Crippen molar-refractivity contribution in [2.45, 2.75) is 31.4 Å². The second-order valence-corrected chi connectivity index (χ2v) is 7.02. The van der Waals surface area contributed by atoms with Crippen LogP contribution in [0.2, 0.25) is 0 Å². The fraction of sp³-hybridized carbons (Fsp3) is 0.667. The highest BCUT2D eigenvalue weighted by atomic mass is 32.1. The first kappa shape index (κ1) is 16.3. The van der Waals surface area contributed by atoms with E-state index in [-0.39, 0.29) is 6.03 Å². The van der Waals surface area contributed by atoms with Gasteiger partial charge in [0.2, 0.25) is 0 Å². The van der Waals surface area contributed by atoms with E-state index in [0.717, 1.165) is 30.8 Å². The minimum atomic E-state index is -0.829. The van der Waals surface area contributed by atoms with Crippen molar-refractivity contribution in [1.82, 2.24) is 15.1 Å². The summed E-state index contributed by atoms with van der Waals surface area (Å²) in [6.45, 7) is 3.93. The van der Waals surface area contributed by atoms with Gasteiger partial charge in [-0.1, -0.05) is 6.07 Å². The highest BCUT2D eigenvalue weighted by Crippen LogP contribution is 2.25. The Morgan fingerprint density at radius 1 is 1.52 bits per heavy atom. The van der Waals surface area contributed by atoms with Gasteiger partial charge in [0, 0.05) is 44.6 Å². The average molecular weight is 311 g/mol. The van der Waals surface area contributed by atoms with Gasteiger partial charge in [0.25, 0.3) is 0 Å². The highest BCUT2D eigenvalue weighted by Gasteiger charge is 2.28. The van der Waals surface area contributed by atoms with E-state index >= 15 is 0 Å². The third kappa shape index (κ3) is 4.18. The molecule has 1 unspecified atom stereocenters. The van der Waals surface area contributed by atoms with Crippen LogP contribution in [0.3, 0.4) is 0 Å². The minimum absolute atomic E-state index is 0.0824. The maximum atomic E-state index is 11.9. The van der Waals surface area contributed by atoms with Gasteiger partial charge in [-0.2, -0.15) is 0 Å². The molecule has 0 aromatic carbocycles. The Hall–Kier alpha value is -1.11. The number of hydrogen-bond acceptors (Lipinski definition) is 4. The zero-order valence-corrected chi connectivity index (χ0v) is 13.8. The molecule has 21 heavy (non-hydrogen) atoms. The molecule has 2 heterocycles. The van der Waals surface area contributed by atoms with Crippen molar-refractivity contribution < 1.29 is 9.90 Å². The molecule has 1 aliphatic rings. The van der Waals surface area contributed by atoms with Crippen LogP contribution in [0.4, 0.5) is 4.79 Å². The second-order valence-electron chi connectivity index (χ2n) is 6.07. The Bertz CT molecular complexity index is 451. The zero-order chi connectivity index (χ0) is 15.5. The van der Waals surface area contributed by atoms with Crippen LogP contribution in [-0.2, 0) is 5.60 Å². The van der Waals surface area contributed by atoms with Gasteiger partial charge in [-0.25, -0.2) is 4.79 Å². The first-order valence-corrected chi connectivity index (χ1v) is 8.24. The van der Waals surface area contributed by atoms with Gasteiger partial charge in [-0.05, 0) is 31.2 Å². The third-order valence-corrected chi connectivity index (χ3v) is 5.06. The number of nitrogens with one attached hydrogen (secondary N) is 1. The van der Waals surface area contributed by atoms with Gasteiger partial charge in [0.1, 0.15) is 5.60 Å². The lowest BCUT2D eigenvalue weighted by Crippen LogP contribution is -2.49. The molecular formula is C15H25N3O2S. The number of amides is 2. The molecule has 2 N–H and O–H groups in total. The van der Waals surface area contributed by atoms with E-state index in [2.05, 4.69) is 5.32 Å². The number of hydrogen-bond donors (Lipinski definition) is 2. The van der Waals surface area contributed by atoms with Crippen LogP contribution in [0.15, 0.2) is 17.5 Å². The minimum Gasteiger partial charge on any atom is -0.383 e. The molecular weight excluding hydrogens is 286 g/mol. The summed E-state index contributed by atoms with van der Waals surface area (Å²) in [6, 6.07) is 4.37. The number of nitrogens with zero attached hydrogens (tertiary/aromatic N) is 2. The number of piperidine rings is 1. The number of aliphatic hydroxyl groups is 1. The predicted octanol–water partition coefficient (Wildman–Crippen LogP) is 1.69. The second kappa shape index (κ2) is 6.77. The van der Waals surface area contributed by atoms with Crippen LogP contribution in [0.25, 0.3) is 0 Å². The summed E-state index contributed by atoms with van der Waals surface area (Å²) in [5, 5.41) is 15.9. The fourth-order valence-electron chi connectivity index (χ4n) is 2.57. The maximum Gasteiger partial charge on any atom is 0.319 e. The molecule has 118 valence electrons. The first-order chi connectivity index (χ1) is 9.90. The lowest BCUT2D eigenvalue weighted by molar-refractivity contribution is 0.0541. The van der Waals surface area contributed by atoms with Gasteiger partial charge in [0.15, 0.2) is 0 Å². The van der Waals surface area contributed by atoms with Crippen LogP contribution in [-0.4, -0.2) is 60.7 Å². The Kier molecular flexibility index (Phi) is 5.24. The van der Waals surface area contributed by atoms with Crippen LogP contribution in [0.5, 0.6) is 0 Å². The van der Waals surface area contributed by atoms with E-state index in [1.807, 2.05) is 29.3 Å². The van der Waals surface area contributed by atoms with E-state index in [1.165, 1.54) is 0 Å². The molecule has 0 radical (unpaired) electrons. The summed E-state index contributed by atoms with van der Waals surface area (Å²) in [5.41, 5.74) is -0.829. The van der Waals surface area contributed by atoms with E-state index < -0.39 is 5.60 Å². The summed E-state index contributed by atoms with van der Waals surface area (Å²) in [6.07, 6.45) is 1.86. The SMILES string of the molecule is CN(C)C(=O)N1CCC(NCC(C)(O)c2cccs2)CC1. The summed E-state index contributed by atoms with van der Waals surface area (Å²) < 4.78 is 0. The Balaban J connectivity index is 1.78. The van der Waals surface area contributed by atoms with Gasteiger partial charge in [-0.3, -0.25) is 0 Å². The lowest BCUT2D eigenvalue weighted by Gasteiger charge is -2.35. The molecule has 1 aromatic heterocycles. The lowest BCUT2D eigenvalue weighted by atomic mass is 10.0. The van der Waals surface area contributed by atoms with Crippen molar-refractivity contribution in [3.8, 4) is 0 Å². The molecule has 0 spiro atoms. The third-order valence-electron chi connectivity index (χ3n) is 3.94. The van der Waals surface area contributed by atoms with Crippen molar-refractivity contribution >= 4 is 17.4 Å². The van der Waals surface area contributed by atoms with E-state index in [1.54, 1.807) is 30.3 Å². The smallest absolute Gasteiger partial charge is 0.319 e. The van der Waals surface area contributed by atoms with Gasteiger partial charge < -0.3 is 20.2 Å². The molecule has 0 saturated carbocycles. The monoisotopic (exact) mass is 311 g/mol. The normalized spacial score (nSPS) is 19.3. The van der Waals surface area contributed by atoms with Crippen molar-refractivity contribution in [3.05, 3.63) is 22.4 Å². The number of likely N-dealkylation sites (tertiary alicyclic amines) is 1. The Morgan fingerprint density at radius 3 is 2.71 bits per heavy atom. The molecule has 1 saturated heterocycles. The molecule has 1 aliphatic heterocycles. The highest BCUT2D eigenvalue weighted by molar-refractivity contribution is 7.10. The average Bonchev–Trinajstić information content (AvgIpc) is 3.00. The fourth-order valence-corrected chi connectivity index (χ4v) is 3.36. The van der Waals surface area contributed by atoms with Crippen molar-refractivity contribution in [1.29, 1.82) is 0 Å². The van der Waals surface area contributed by atoms with Crippen LogP contribution in [0, 0.1) is 0 Å². The summed E-state index contributed by atoms with van der Waals surface area (Å²) in [7, 11) is 3.57. The molecule has 1 fully saturated rings. The molecule has 2 amide bonds. The number of carbonyl (C=O) groups excluding carboxylic acids is 1. The number of thiophene rings is 1. The standard InChI is InChI=1S/C15H25N3O2S/c1-15(20,13-5-4-10-21-13)11-16-12-6-8-18(9-7-12)14(19)17(2)3/h4-5,10,12,16,20H,6-9,11H2,1-3H3. The molecule has 5 nitrogen and oxygen atoms in total. The molecule has 1 aromatic rings.